The number of allylic oxidation sites excluding steroid dienone is 1. The van der Waals surface area contributed by atoms with Gasteiger partial charge in [-0.2, -0.15) is 8.78 Å². The maximum atomic E-state index is 14.2. The minimum Gasteiger partial charge on any atom is -0.456 e. The highest BCUT2D eigenvalue weighted by Gasteiger charge is 2.47. The summed E-state index contributed by atoms with van der Waals surface area (Å²) in [6.07, 6.45) is 1.08. The first kappa shape index (κ1) is 19.8. The number of halogens is 2. The number of methoxy groups -OCH3 is 1. The Kier molecular flexibility index (Phi) is 5.04. The van der Waals surface area contributed by atoms with Crippen molar-refractivity contribution in [3.05, 3.63) is 59.9 Å². The standard InChI is InChI=1S/C22H26F2O3/c1-20(2,3)26-18-13-19(21(4,23)24)27-22(14-18,25-5)17-11-10-15-8-6-7-9-16(15)12-17/h6-13,18H,14H2,1-5H3/t18-,22+/m0/s1. The molecule has 0 radical (unpaired) electrons. The molecule has 146 valence electrons. The smallest absolute Gasteiger partial charge is 0.301 e. The third kappa shape index (κ3) is 4.30. The Bertz CT molecular complexity index is 848. The molecule has 5 heteroatoms. The first-order valence-electron chi connectivity index (χ1n) is 9.04. The molecule has 0 saturated heterocycles. The molecule has 2 aromatic rings. The van der Waals surface area contributed by atoms with Crippen LogP contribution in [0.4, 0.5) is 8.78 Å². The molecule has 0 aliphatic carbocycles. The zero-order valence-electron chi connectivity index (χ0n) is 16.4. The van der Waals surface area contributed by atoms with Gasteiger partial charge in [0.25, 0.3) is 0 Å². The van der Waals surface area contributed by atoms with Crippen LogP contribution in [0.1, 0.15) is 39.7 Å². The summed E-state index contributed by atoms with van der Waals surface area (Å²) in [5.74, 6) is -4.91. The highest BCUT2D eigenvalue weighted by atomic mass is 19.3. The molecule has 1 aliphatic heterocycles. The summed E-state index contributed by atoms with van der Waals surface area (Å²) in [4.78, 5) is 0. The lowest BCUT2D eigenvalue weighted by Crippen LogP contribution is -2.44. The first-order valence-corrected chi connectivity index (χ1v) is 9.04. The van der Waals surface area contributed by atoms with Crippen LogP contribution < -0.4 is 0 Å². The van der Waals surface area contributed by atoms with Crippen LogP contribution in [0.25, 0.3) is 10.8 Å². The van der Waals surface area contributed by atoms with E-state index in [1.807, 2.05) is 63.2 Å². The van der Waals surface area contributed by atoms with E-state index in [0.717, 1.165) is 17.7 Å². The normalized spacial score (nSPS) is 23.8. The molecule has 1 aliphatic rings. The van der Waals surface area contributed by atoms with E-state index in [0.29, 0.717) is 5.56 Å². The van der Waals surface area contributed by atoms with Gasteiger partial charge in [0.15, 0.2) is 5.76 Å². The van der Waals surface area contributed by atoms with E-state index in [1.165, 1.54) is 13.2 Å². The zero-order chi connectivity index (χ0) is 19.9. The number of fused-ring (bicyclic) bond motifs is 1. The van der Waals surface area contributed by atoms with Crippen LogP contribution in [0.5, 0.6) is 0 Å². The van der Waals surface area contributed by atoms with Crippen LogP contribution in [0, 0.1) is 0 Å². The van der Waals surface area contributed by atoms with Crippen molar-refractivity contribution in [3.8, 4) is 0 Å². The second-order valence-corrected chi connectivity index (χ2v) is 8.01. The predicted molar refractivity (Wildman–Crippen MR) is 102 cm³/mol. The molecule has 2 atom stereocenters. The molecular weight excluding hydrogens is 350 g/mol. The van der Waals surface area contributed by atoms with Gasteiger partial charge in [-0.1, -0.05) is 36.4 Å². The number of ether oxygens (including phenoxy) is 3. The van der Waals surface area contributed by atoms with E-state index in [2.05, 4.69) is 0 Å². The van der Waals surface area contributed by atoms with Gasteiger partial charge in [-0.15, -0.1) is 0 Å². The second kappa shape index (κ2) is 6.88. The topological polar surface area (TPSA) is 27.7 Å². The Labute approximate surface area is 158 Å². The fraction of sp³-hybridized carbons (Fsp3) is 0.455. The summed E-state index contributed by atoms with van der Waals surface area (Å²) >= 11 is 0. The van der Waals surface area contributed by atoms with Crippen LogP contribution in [0.15, 0.2) is 54.3 Å². The Hall–Kier alpha value is -1.98. The monoisotopic (exact) mass is 376 g/mol. The van der Waals surface area contributed by atoms with E-state index >= 15 is 0 Å². The number of hydrogen-bond acceptors (Lipinski definition) is 3. The molecule has 0 spiro atoms. The molecule has 3 rings (SSSR count). The summed E-state index contributed by atoms with van der Waals surface area (Å²) in [6.45, 7) is 6.50. The summed E-state index contributed by atoms with van der Waals surface area (Å²) in [5.41, 5.74) is 0.191. The van der Waals surface area contributed by atoms with E-state index in [4.69, 9.17) is 14.2 Å². The molecule has 1 heterocycles. The Morgan fingerprint density at radius 3 is 2.30 bits per heavy atom. The average molecular weight is 376 g/mol. The van der Waals surface area contributed by atoms with Crippen LogP contribution in [0.2, 0.25) is 0 Å². The lowest BCUT2D eigenvalue weighted by atomic mass is 9.93. The lowest BCUT2D eigenvalue weighted by molar-refractivity contribution is -0.256. The fourth-order valence-corrected chi connectivity index (χ4v) is 3.36. The SMILES string of the molecule is CO[C@]1(c2ccc3ccccc3c2)C[C@@H](OC(C)(C)C)C=C(C(C)(F)F)O1. The van der Waals surface area contributed by atoms with Crippen LogP contribution >= 0.6 is 0 Å². The van der Waals surface area contributed by atoms with Crippen molar-refractivity contribution in [1.29, 1.82) is 0 Å². The van der Waals surface area contributed by atoms with Gasteiger partial charge in [0.2, 0.25) is 5.79 Å². The van der Waals surface area contributed by atoms with Crippen LogP contribution in [0.3, 0.4) is 0 Å². The minimum atomic E-state index is -3.14. The van der Waals surface area contributed by atoms with E-state index in [1.54, 1.807) is 0 Å². The number of rotatable bonds is 4. The molecular formula is C22H26F2O3. The van der Waals surface area contributed by atoms with Gasteiger partial charge >= 0.3 is 5.92 Å². The van der Waals surface area contributed by atoms with E-state index < -0.39 is 29.2 Å². The molecule has 0 bridgehead atoms. The lowest BCUT2D eigenvalue weighted by Gasteiger charge is -2.42. The zero-order valence-corrected chi connectivity index (χ0v) is 16.4. The van der Waals surface area contributed by atoms with Gasteiger partial charge in [-0.05, 0) is 43.7 Å². The molecule has 27 heavy (non-hydrogen) atoms. The number of hydrogen-bond donors (Lipinski definition) is 0. The Balaban J connectivity index is 2.07. The summed E-state index contributed by atoms with van der Waals surface area (Å²) in [7, 11) is 1.47. The van der Waals surface area contributed by atoms with Crippen LogP contribution in [-0.2, 0) is 20.0 Å². The summed E-state index contributed by atoms with van der Waals surface area (Å²) in [5, 5.41) is 2.05. The molecule has 0 unspecified atom stereocenters. The molecule has 0 fully saturated rings. The van der Waals surface area contributed by atoms with Crippen molar-refractivity contribution in [3.63, 3.8) is 0 Å². The van der Waals surface area contributed by atoms with Crippen molar-refractivity contribution < 1.29 is 23.0 Å². The molecule has 2 aromatic carbocycles. The number of alkyl halides is 2. The molecule has 0 aromatic heterocycles. The molecule has 0 N–H and O–H groups in total. The third-order valence-corrected chi connectivity index (χ3v) is 4.54. The Morgan fingerprint density at radius 2 is 1.70 bits per heavy atom. The summed E-state index contributed by atoms with van der Waals surface area (Å²) < 4.78 is 45.8. The fourth-order valence-electron chi connectivity index (χ4n) is 3.36. The summed E-state index contributed by atoms with van der Waals surface area (Å²) in [6, 6.07) is 13.6. The van der Waals surface area contributed by atoms with Gasteiger partial charge in [0, 0.05) is 26.0 Å². The van der Waals surface area contributed by atoms with Gasteiger partial charge < -0.3 is 14.2 Å². The predicted octanol–water partition coefficient (Wildman–Crippen LogP) is 5.78. The molecule has 3 nitrogen and oxygen atoms in total. The Morgan fingerprint density at radius 1 is 1.04 bits per heavy atom. The number of benzene rings is 2. The van der Waals surface area contributed by atoms with Gasteiger partial charge in [0.1, 0.15) is 0 Å². The third-order valence-electron chi connectivity index (χ3n) is 4.54. The molecule has 0 saturated carbocycles. The van der Waals surface area contributed by atoms with Crippen molar-refractivity contribution >= 4 is 10.8 Å². The van der Waals surface area contributed by atoms with E-state index in [9.17, 15) is 8.78 Å². The minimum absolute atomic E-state index is 0.276. The first-order chi connectivity index (χ1) is 12.5. The highest BCUT2D eigenvalue weighted by Crippen LogP contribution is 2.44. The van der Waals surface area contributed by atoms with E-state index in [-0.39, 0.29) is 6.42 Å². The van der Waals surface area contributed by atoms with Gasteiger partial charge in [-0.25, -0.2) is 0 Å². The van der Waals surface area contributed by atoms with Crippen molar-refractivity contribution in [2.45, 2.75) is 57.5 Å². The maximum Gasteiger partial charge on any atom is 0.301 e. The average Bonchev–Trinajstić information content (AvgIpc) is 2.58. The van der Waals surface area contributed by atoms with Gasteiger partial charge in [-0.3, -0.25) is 0 Å². The van der Waals surface area contributed by atoms with Gasteiger partial charge in [0.05, 0.1) is 11.7 Å². The molecule has 0 amide bonds. The van der Waals surface area contributed by atoms with Crippen molar-refractivity contribution in [1.82, 2.24) is 0 Å². The quantitative estimate of drug-likeness (QED) is 0.677. The van der Waals surface area contributed by atoms with Crippen molar-refractivity contribution in [2.75, 3.05) is 7.11 Å². The van der Waals surface area contributed by atoms with Crippen LogP contribution in [-0.4, -0.2) is 24.7 Å². The van der Waals surface area contributed by atoms with Crippen molar-refractivity contribution in [2.24, 2.45) is 0 Å². The second-order valence-electron chi connectivity index (χ2n) is 8.01. The largest absolute Gasteiger partial charge is 0.456 e. The maximum absolute atomic E-state index is 14.2. The highest BCUT2D eigenvalue weighted by molar-refractivity contribution is 5.83.